The van der Waals surface area contributed by atoms with Gasteiger partial charge in [0.1, 0.15) is 0 Å². The van der Waals surface area contributed by atoms with Crippen molar-refractivity contribution in [3.63, 3.8) is 0 Å². The smallest absolute Gasteiger partial charge is 0.0574 e. The Hall–Kier alpha value is -0.120. The van der Waals surface area contributed by atoms with Crippen LogP contribution in [0.25, 0.3) is 0 Å². The van der Waals surface area contributed by atoms with Gasteiger partial charge in [0, 0.05) is 11.6 Å². The Morgan fingerprint density at radius 2 is 2.08 bits per heavy atom. The van der Waals surface area contributed by atoms with Crippen molar-refractivity contribution < 1.29 is 10.3 Å². The van der Waals surface area contributed by atoms with Crippen molar-refractivity contribution in [1.82, 2.24) is 5.06 Å². The van der Waals surface area contributed by atoms with E-state index < -0.39 is 0 Å². The number of hydroxylamine groups is 2. The molecule has 0 bridgehead atoms. The van der Waals surface area contributed by atoms with E-state index in [4.69, 9.17) is 0 Å². The number of hydrogen-bond acceptors (Lipinski definition) is 3. The third kappa shape index (κ3) is 1.79. The van der Waals surface area contributed by atoms with Crippen molar-refractivity contribution >= 4 is 0 Å². The highest BCUT2D eigenvalue weighted by atomic mass is 16.5. The van der Waals surface area contributed by atoms with Gasteiger partial charge < -0.3 is 10.3 Å². The van der Waals surface area contributed by atoms with Crippen LogP contribution in [0.2, 0.25) is 0 Å². The molecule has 0 saturated carbocycles. The highest BCUT2D eigenvalue weighted by Gasteiger charge is 2.38. The molecule has 2 atom stereocenters. The van der Waals surface area contributed by atoms with Gasteiger partial charge in [-0.05, 0) is 33.1 Å². The van der Waals surface area contributed by atoms with Gasteiger partial charge >= 0.3 is 0 Å². The van der Waals surface area contributed by atoms with Gasteiger partial charge in [-0.15, -0.1) is 0 Å². The zero-order valence-corrected chi connectivity index (χ0v) is 8.12. The molecular weight excluding hydrogens is 154 g/mol. The van der Waals surface area contributed by atoms with Gasteiger partial charge in [-0.25, -0.2) is 0 Å². The van der Waals surface area contributed by atoms with Gasteiger partial charge in [0.25, 0.3) is 0 Å². The minimum absolute atomic E-state index is 0.115. The molecule has 1 heterocycles. The zero-order chi connectivity index (χ0) is 9.35. The normalized spacial score (nSPS) is 36.8. The first kappa shape index (κ1) is 9.96. The largest absolute Gasteiger partial charge is 0.393 e. The Morgan fingerprint density at radius 1 is 1.50 bits per heavy atom. The standard InChI is InChI=1S/C9H19NO2/c1-4-7-5-8(11)6-9(2,3)10(7)12/h7-8,11-12H,4-6H2,1-3H3. The van der Waals surface area contributed by atoms with Crippen LogP contribution in [0.4, 0.5) is 0 Å². The fourth-order valence-corrected chi connectivity index (χ4v) is 2.00. The predicted octanol–water partition coefficient (Wildman–Crippen LogP) is 1.39. The summed E-state index contributed by atoms with van der Waals surface area (Å²) in [7, 11) is 0. The number of aliphatic hydroxyl groups excluding tert-OH is 1. The molecule has 0 spiro atoms. The fourth-order valence-electron chi connectivity index (χ4n) is 2.00. The van der Waals surface area contributed by atoms with Crippen LogP contribution in [0.3, 0.4) is 0 Å². The maximum atomic E-state index is 9.74. The van der Waals surface area contributed by atoms with Gasteiger partial charge in [-0.2, -0.15) is 5.06 Å². The van der Waals surface area contributed by atoms with E-state index in [1.165, 1.54) is 5.06 Å². The molecule has 0 aromatic heterocycles. The number of rotatable bonds is 1. The summed E-state index contributed by atoms with van der Waals surface area (Å²) in [6, 6.07) is 0.115. The van der Waals surface area contributed by atoms with E-state index in [2.05, 4.69) is 0 Å². The topological polar surface area (TPSA) is 43.7 Å². The molecule has 0 aromatic carbocycles. The van der Waals surface area contributed by atoms with Crippen LogP contribution >= 0.6 is 0 Å². The van der Waals surface area contributed by atoms with Crippen LogP contribution in [0.1, 0.15) is 40.0 Å². The average molecular weight is 173 g/mol. The van der Waals surface area contributed by atoms with Crippen molar-refractivity contribution in [1.29, 1.82) is 0 Å². The van der Waals surface area contributed by atoms with Crippen molar-refractivity contribution in [2.75, 3.05) is 0 Å². The Balaban J connectivity index is 2.68. The first-order valence-corrected chi connectivity index (χ1v) is 4.63. The SMILES string of the molecule is CCC1CC(O)CC(C)(C)N1O. The molecule has 1 aliphatic heterocycles. The van der Waals surface area contributed by atoms with E-state index in [0.29, 0.717) is 12.8 Å². The molecule has 1 saturated heterocycles. The highest BCUT2D eigenvalue weighted by Crippen LogP contribution is 2.31. The van der Waals surface area contributed by atoms with Crippen molar-refractivity contribution in [3.8, 4) is 0 Å². The van der Waals surface area contributed by atoms with Gasteiger partial charge in [-0.1, -0.05) is 6.92 Å². The number of nitrogens with zero attached hydrogens (tertiary/aromatic N) is 1. The van der Waals surface area contributed by atoms with E-state index in [-0.39, 0.29) is 17.7 Å². The van der Waals surface area contributed by atoms with Crippen molar-refractivity contribution in [3.05, 3.63) is 0 Å². The second-order valence-electron chi connectivity index (χ2n) is 4.31. The van der Waals surface area contributed by atoms with Crippen molar-refractivity contribution in [2.24, 2.45) is 0 Å². The summed E-state index contributed by atoms with van der Waals surface area (Å²) in [6.07, 6.45) is 1.97. The minimum Gasteiger partial charge on any atom is -0.393 e. The maximum Gasteiger partial charge on any atom is 0.0574 e. The second-order valence-corrected chi connectivity index (χ2v) is 4.31. The first-order chi connectivity index (χ1) is 5.47. The lowest BCUT2D eigenvalue weighted by Gasteiger charge is -2.45. The van der Waals surface area contributed by atoms with E-state index in [1.54, 1.807) is 0 Å². The third-order valence-electron chi connectivity index (χ3n) is 2.72. The molecule has 1 rings (SSSR count). The molecule has 3 heteroatoms. The van der Waals surface area contributed by atoms with Gasteiger partial charge in [0.2, 0.25) is 0 Å². The molecule has 2 unspecified atom stereocenters. The summed E-state index contributed by atoms with van der Waals surface area (Å²) in [5.74, 6) is 0. The monoisotopic (exact) mass is 173 g/mol. The third-order valence-corrected chi connectivity index (χ3v) is 2.72. The molecule has 1 fully saturated rings. The summed E-state index contributed by atoms with van der Waals surface area (Å²) in [6.45, 7) is 5.94. The number of hydrogen-bond donors (Lipinski definition) is 2. The molecular formula is C9H19NO2. The predicted molar refractivity (Wildman–Crippen MR) is 47.0 cm³/mol. The van der Waals surface area contributed by atoms with Gasteiger partial charge in [0.05, 0.1) is 6.10 Å². The second kappa shape index (κ2) is 3.32. The lowest BCUT2D eigenvalue weighted by atomic mass is 9.86. The summed E-state index contributed by atoms with van der Waals surface area (Å²) < 4.78 is 0. The lowest BCUT2D eigenvalue weighted by molar-refractivity contribution is -0.227. The molecule has 12 heavy (non-hydrogen) atoms. The quantitative estimate of drug-likeness (QED) is 0.629. The average Bonchev–Trinajstić information content (AvgIpc) is 1.96. The van der Waals surface area contributed by atoms with Gasteiger partial charge in [-0.3, -0.25) is 0 Å². The Morgan fingerprint density at radius 3 is 2.58 bits per heavy atom. The van der Waals surface area contributed by atoms with Gasteiger partial charge in [0.15, 0.2) is 0 Å². The molecule has 0 aromatic rings. The summed E-state index contributed by atoms with van der Waals surface area (Å²) >= 11 is 0. The summed E-state index contributed by atoms with van der Waals surface area (Å²) in [4.78, 5) is 0. The van der Waals surface area contributed by atoms with Crippen molar-refractivity contribution in [2.45, 2.75) is 57.7 Å². The first-order valence-electron chi connectivity index (χ1n) is 4.63. The molecule has 0 radical (unpaired) electrons. The van der Waals surface area contributed by atoms with E-state index in [0.717, 1.165) is 6.42 Å². The summed E-state index contributed by atoms with van der Waals surface area (Å²) in [5, 5.41) is 20.7. The molecule has 0 amide bonds. The van der Waals surface area contributed by atoms with E-state index in [9.17, 15) is 10.3 Å². The Bertz CT molecular complexity index is 159. The molecule has 3 nitrogen and oxygen atoms in total. The van der Waals surface area contributed by atoms with E-state index >= 15 is 0 Å². The minimum atomic E-state index is -0.279. The van der Waals surface area contributed by atoms with Crippen LogP contribution < -0.4 is 0 Å². The van der Waals surface area contributed by atoms with Crippen LogP contribution in [-0.2, 0) is 0 Å². The van der Waals surface area contributed by atoms with Crippen LogP contribution in [0.5, 0.6) is 0 Å². The fraction of sp³-hybridized carbons (Fsp3) is 1.00. The van der Waals surface area contributed by atoms with Crippen LogP contribution in [-0.4, -0.2) is 33.1 Å². The summed E-state index contributed by atoms with van der Waals surface area (Å²) in [5.41, 5.74) is -0.279. The van der Waals surface area contributed by atoms with Crippen LogP contribution in [0.15, 0.2) is 0 Å². The number of piperidine rings is 1. The molecule has 0 aliphatic carbocycles. The lowest BCUT2D eigenvalue weighted by Crippen LogP contribution is -2.54. The van der Waals surface area contributed by atoms with Crippen LogP contribution in [0, 0.1) is 0 Å². The Kier molecular flexibility index (Phi) is 2.76. The highest BCUT2D eigenvalue weighted by molar-refractivity contribution is 4.90. The Labute approximate surface area is 74.0 Å². The number of aliphatic hydroxyl groups is 1. The van der Waals surface area contributed by atoms with E-state index in [1.807, 2.05) is 20.8 Å². The maximum absolute atomic E-state index is 9.74. The molecule has 72 valence electrons. The zero-order valence-electron chi connectivity index (χ0n) is 8.12. The molecule has 1 aliphatic rings. The molecule has 2 N–H and O–H groups in total.